The molecule has 196 valence electrons. The van der Waals surface area contributed by atoms with E-state index in [1.807, 2.05) is 0 Å². The number of amides is 1. The van der Waals surface area contributed by atoms with E-state index in [-0.39, 0.29) is 62.1 Å². The smallest absolute Gasteiger partial charge is 0.305 e. The Morgan fingerprint density at radius 2 is 1.92 bits per heavy atom. The third-order valence-electron chi connectivity index (χ3n) is 5.54. The van der Waals surface area contributed by atoms with E-state index in [4.69, 9.17) is 18.9 Å². The molecule has 0 aliphatic carbocycles. The highest BCUT2D eigenvalue weighted by Crippen LogP contribution is 2.36. The van der Waals surface area contributed by atoms with Gasteiger partial charge in [-0.15, -0.1) is 6.58 Å². The third-order valence-corrected chi connectivity index (χ3v) is 5.54. The predicted octanol–water partition coefficient (Wildman–Crippen LogP) is 1.25. The van der Waals surface area contributed by atoms with Crippen LogP contribution >= 0.6 is 0 Å². The average molecular weight is 506 g/mol. The summed E-state index contributed by atoms with van der Waals surface area (Å²) in [5, 5.41) is 2.53. The van der Waals surface area contributed by atoms with Gasteiger partial charge in [-0.3, -0.25) is 29.5 Å². The van der Waals surface area contributed by atoms with Gasteiger partial charge < -0.3 is 23.5 Å². The molecule has 1 aliphatic rings. The maximum atomic E-state index is 12.6. The summed E-state index contributed by atoms with van der Waals surface area (Å²) in [5.41, 5.74) is -0.382. The van der Waals surface area contributed by atoms with Crippen LogP contribution in [0.2, 0.25) is 0 Å². The molecule has 1 amide bonds. The molecule has 3 rings (SSSR count). The van der Waals surface area contributed by atoms with Crippen molar-refractivity contribution in [3.63, 3.8) is 0 Å². The second-order valence-corrected chi connectivity index (χ2v) is 8.01. The van der Waals surface area contributed by atoms with Gasteiger partial charge in [-0.05, 0) is 0 Å². The molecular formula is C23H31N5O8. The molecule has 2 aromatic heterocycles. The Morgan fingerprint density at radius 3 is 2.58 bits per heavy atom. The van der Waals surface area contributed by atoms with Crippen LogP contribution in [0.5, 0.6) is 0 Å². The molecule has 13 nitrogen and oxygen atoms in total. The normalized spacial score (nSPS) is 21.3. The van der Waals surface area contributed by atoms with E-state index in [2.05, 4.69) is 26.8 Å². The number of nitrogens with one attached hydrogen (secondary N) is 2. The second kappa shape index (κ2) is 12.4. The molecule has 2 aromatic rings. The van der Waals surface area contributed by atoms with Gasteiger partial charge >= 0.3 is 11.9 Å². The maximum Gasteiger partial charge on any atom is 0.305 e. The van der Waals surface area contributed by atoms with Crippen LogP contribution in [-0.2, 0) is 33.3 Å². The number of carbonyl (C=O) groups excluding carboxylic acids is 3. The van der Waals surface area contributed by atoms with E-state index in [1.54, 1.807) is 31.4 Å². The Hall–Kier alpha value is -3.58. The first-order valence-corrected chi connectivity index (χ1v) is 11.8. The van der Waals surface area contributed by atoms with E-state index in [1.165, 1.54) is 6.33 Å². The lowest BCUT2D eigenvalue weighted by Gasteiger charge is -2.25. The zero-order valence-electron chi connectivity index (χ0n) is 20.5. The molecule has 0 saturated carbocycles. The molecule has 0 unspecified atom stereocenters. The number of H-pyrrole nitrogens is 1. The molecule has 0 aromatic carbocycles. The summed E-state index contributed by atoms with van der Waals surface area (Å²) in [6, 6.07) is -0.732. The molecule has 1 aliphatic heterocycles. The van der Waals surface area contributed by atoms with Crippen molar-refractivity contribution >= 4 is 35.0 Å². The first-order chi connectivity index (χ1) is 17.3. The number of aromatic amines is 1. The van der Waals surface area contributed by atoms with E-state index in [0.29, 0.717) is 0 Å². The lowest BCUT2D eigenvalue weighted by atomic mass is 10.0. The van der Waals surface area contributed by atoms with Crippen molar-refractivity contribution < 1.29 is 33.3 Å². The Balaban J connectivity index is 2.06. The zero-order valence-corrected chi connectivity index (χ0v) is 20.5. The molecule has 0 bridgehead atoms. The number of nitrogens with zero attached hydrogens (tertiary/aromatic N) is 3. The summed E-state index contributed by atoms with van der Waals surface area (Å²) in [6.45, 7) is 8.79. The fraction of sp³-hybridized carbons (Fsp3) is 0.565. The van der Waals surface area contributed by atoms with E-state index in [0.717, 1.165) is 0 Å². The molecule has 3 heterocycles. The minimum Gasteiger partial charge on any atom is -0.463 e. The second-order valence-electron chi connectivity index (χ2n) is 8.01. The van der Waals surface area contributed by atoms with Gasteiger partial charge in [0.15, 0.2) is 17.3 Å². The highest BCUT2D eigenvalue weighted by Gasteiger charge is 2.49. The van der Waals surface area contributed by atoms with E-state index < -0.39 is 41.9 Å². The number of ether oxygens (including phenoxy) is 4. The Kier molecular flexibility index (Phi) is 9.31. The molecule has 2 N–H and O–H groups in total. The summed E-state index contributed by atoms with van der Waals surface area (Å²) < 4.78 is 24.4. The first kappa shape index (κ1) is 27.0. The minimum atomic E-state index is -0.911. The predicted molar refractivity (Wildman–Crippen MR) is 127 cm³/mol. The lowest BCUT2D eigenvalue weighted by Crippen LogP contribution is -2.37. The van der Waals surface area contributed by atoms with Gasteiger partial charge in [-0.25, -0.2) is 4.98 Å². The number of hydrogen-bond acceptors (Lipinski definition) is 10. The van der Waals surface area contributed by atoms with Crippen molar-refractivity contribution in [1.82, 2.24) is 19.5 Å². The van der Waals surface area contributed by atoms with Crippen molar-refractivity contribution in [2.45, 2.75) is 64.4 Å². The lowest BCUT2D eigenvalue weighted by molar-refractivity contribution is -0.158. The number of carbonyl (C=O) groups is 3. The fourth-order valence-electron chi connectivity index (χ4n) is 3.77. The minimum absolute atomic E-state index is 0.0247. The summed E-state index contributed by atoms with van der Waals surface area (Å²) in [4.78, 5) is 59.7. The molecular weight excluding hydrogens is 474 g/mol. The van der Waals surface area contributed by atoms with Gasteiger partial charge in [0.2, 0.25) is 11.9 Å². The van der Waals surface area contributed by atoms with Crippen molar-refractivity contribution in [2.24, 2.45) is 0 Å². The summed E-state index contributed by atoms with van der Waals surface area (Å²) in [5.74, 6) is -1.30. The number of anilines is 1. The average Bonchev–Trinajstić information content (AvgIpc) is 3.43. The topological polar surface area (TPSA) is 164 Å². The number of rotatable bonds is 12. The third kappa shape index (κ3) is 6.15. The molecule has 13 heteroatoms. The van der Waals surface area contributed by atoms with E-state index >= 15 is 0 Å². The van der Waals surface area contributed by atoms with Gasteiger partial charge in [0.05, 0.1) is 19.5 Å². The van der Waals surface area contributed by atoms with Crippen LogP contribution in [0.25, 0.3) is 11.2 Å². The zero-order chi connectivity index (χ0) is 26.2. The van der Waals surface area contributed by atoms with Crippen LogP contribution in [0.1, 0.15) is 46.1 Å². The number of fused-ring (bicyclic) bond motifs is 1. The van der Waals surface area contributed by atoms with Crippen LogP contribution < -0.4 is 10.9 Å². The highest BCUT2D eigenvalue weighted by atomic mass is 16.6. The SMILES string of the molecule is C=CCOC[C@@H]1O[C@@H](COC(=O)CC)[C@H](OC(=O)CC)[C@H]1n1cnc2c(=O)[nH]c(NC(=O)CC)nc21. The number of esters is 2. The quantitative estimate of drug-likeness (QED) is 0.244. The van der Waals surface area contributed by atoms with Crippen molar-refractivity contribution in [2.75, 3.05) is 25.1 Å². The summed E-state index contributed by atoms with van der Waals surface area (Å²) >= 11 is 0. The van der Waals surface area contributed by atoms with Crippen molar-refractivity contribution in [1.29, 1.82) is 0 Å². The van der Waals surface area contributed by atoms with Crippen molar-refractivity contribution in [3.05, 3.63) is 29.3 Å². The monoisotopic (exact) mass is 505 g/mol. The van der Waals surface area contributed by atoms with Crippen LogP contribution in [0.3, 0.4) is 0 Å². The molecule has 1 fully saturated rings. The standard InChI is InChI=1S/C23H31N5O8/c1-5-9-33-10-13-19(20(36-17(31)8-4)14(35-13)11-34-16(30)7-3)28-12-24-18-21(28)26-23(27-22(18)32)25-15(29)6-2/h5,12-14,19-20H,1,6-11H2,2-4H3,(H2,25,26,27,29,32)/t13-,14-,19-,20-/m0/s1. The number of hydrogen-bond donors (Lipinski definition) is 2. The van der Waals surface area contributed by atoms with Gasteiger partial charge in [0.25, 0.3) is 5.56 Å². The molecule has 1 saturated heterocycles. The maximum absolute atomic E-state index is 12.6. The van der Waals surface area contributed by atoms with Crippen LogP contribution in [0, 0.1) is 0 Å². The number of imidazole rings is 1. The molecule has 0 radical (unpaired) electrons. The summed E-state index contributed by atoms with van der Waals surface area (Å²) in [7, 11) is 0. The van der Waals surface area contributed by atoms with Crippen LogP contribution in [0.4, 0.5) is 5.95 Å². The Morgan fingerprint density at radius 1 is 1.17 bits per heavy atom. The number of aromatic nitrogens is 4. The van der Waals surface area contributed by atoms with Crippen LogP contribution in [-0.4, -0.2) is 75.5 Å². The Bertz CT molecular complexity index is 1160. The van der Waals surface area contributed by atoms with Gasteiger partial charge in [0, 0.05) is 19.3 Å². The molecule has 0 spiro atoms. The Labute approximate surface area is 207 Å². The highest BCUT2D eigenvalue weighted by molar-refractivity contribution is 5.89. The van der Waals surface area contributed by atoms with Gasteiger partial charge in [0.1, 0.15) is 24.9 Å². The van der Waals surface area contributed by atoms with Gasteiger partial charge in [-0.1, -0.05) is 26.8 Å². The summed E-state index contributed by atoms with van der Waals surface area (Å²) in [6.07, 6.45) is 1.04. The van der Waals surface area contributed by atoms with Crippen molar-refractivity contribution in [3.8, 4) is 0 Å². The van der Waals surface area contributed by atoms with Crippen LogP contribution in [0.15, 0.2) is 23.8 Å². The van der Waals surface area contributed by atoms with E-state index in [9.17, 15) is 19.2 Å². The molecule has 36 heavy (non-hydrogen) atoms. The molecule has 4 atom stereocenters. The first-order valence-electron chi connectivity index (χ1n) is 11.8. The largest absolute Gasteiger partial charge is 0.463 e. The van der Waals surface area contributed by atoms with Gasteiger partial charge in [-0.2, -0.15) is 4.98 Å². The fourth-order valence-corrected chi connectivity index (χ4v) is 3.77.